The van der Waals surface area contributed by atoms with Crippen LogP contribution in [0.2, 0.25) is 5.02 Å². The van der Waals surface area contributed by atoms with Gasteiger partial charge in [-0.25, -0.2) is 9.79 Å². The van der Waals surface area contributed by atoms with Gasteiger partial charge < -0.3 is 9.47 Å². The van der Waals surface area contributed by atoms with E-state index in [0.29, 0.717) is 38.0 Å². The highest BCUT2D eigenvalue weighted by atomic mass is 35.5. The van der Waals surface area contributed by atoms with E-state index in [-0.39, 0.29) is 12.2 Å². The fourth-order valence-corrected chi connectivity index (χ4v) is 6.80. The molecule has 1 aromatic heterocycles. The minimum Gasteiger partial charge on any atom is -0.489 e. The van der Waals surface area contributed by atoms with Crippen LogP contribution in [-0.2, 0) is 16.1 Å². The Morgan fingerprint density at radius 3 is 2.51 bits per heavy atom. The van der Waals surface area contributed by atoms with Crippen molar-refractivity contribution in [3.63, 3.8) is 0 Å². The molecule has 226 valence electrons. The van der Waals surface area contributed by atoms with Gasteiger partial charge in [-0.15, -0.1) is 11.8 Å². The van der Waals surface area contributed by atoms with Crippen molar-refractivity contribution < 1.29 is 14.3 Å². The van der Waals surface area contributed by atoms with Gasteiger partial charge in [0, 0.05) is 15.5 Å². The van der Waals surface area contributed by atoms with Crippen molar-refractivity contribution in [3.05, 3.63) is 156 Å². The van der Waals surface area contributed by atoms with Crippen LogP contribution in [0.25, 0.3) is 11.8 Å². The van der Waals surface area contributed by atoms with Crippen molar-refractivity contribution in [2.75, 3.05) is 12.9 Å². The number of esters is 1. The number of ether oxygens (including phenoxy) is 2. The smallest absolute Gasteiger partial charge is 0.338 e. The SMILES string of the molecule is CCOC(=O)C1=C(c2ccccc2)N=c2s/c(=C\c3cccc(OCc4cccc(Cl)c4)c3)c(=O)n2[C@H]1c1ccc(SC)cc1. The Bertz CT molecular complexity index is 2070. The summed E-state index contributed by atoms with van der Waals surface area (Å²) in [4.78, 5) is 34.3. The van der Waals surface area contributed by atoms with Crippen LogP contribution in [0.3, 0.4) is 0 Å². The van der Waals surface area contributed by atoms with E-state index in [2.05, 4.69) is 0 Å². The maximum absolute atomic E-state index is 14.2. The summed E-state index contributed by atoms with van der Waals surface area (Å²) >= 11 is 9.03. The van der Waals surface area contributed by atoms with Crippen LogP contribution in [0.15, 0.2) is 123 Å². The Morgan fingerprint density at radius 2 is 1.78 bits per heavy atom. The summed E-state index contributed by atoms with van der Waals surface area (Å²) < 4.78 is 13.7. The molecule has 0 fully saturated rings. The number of fused-ring (bicyclic) bond motifs is 1. The molecule has 0 spiro atoms. The minimum atomic E-state index is -0.721. The third-order valence-electron chi connectivity index (χ3n) is 7.26. The van der Waals surface area contributed by atoms with Gasteiger partial charge in [0.1, 0.15) is 12.4 Å². The van der Waals surface area contributed by atoms with Gasteiger partial charge in [0.15, 0.2) is 4.80 Å². The summed E-state index contributed by atoms with van der Waals surface area (Å²) in [5, 5.41) is 0.653. The third-order valence-corrected chi connectivity index (χ3v) is 9.22. The molecule has 0 N–H and O–H groups in total. The van der Waals surface area contributed by atoms with Gasteiger partial charge in [0.05, 0.1) is 28.5 Å². The normalized spacial score (nSPS) is 14.6. The van der Waals surface area contributed by atoms with Crippen LogP contribution in [0.1, 0.15) is 35.2 Å². The summed E-state index contributed by atoms with van der Waals surface area (Å²) in [7, 11) is 0. The zero-order valence-electron chi connectivity index (χ0n) is 24.6. The van der Waals surface area contributed by atoms with E-state index in [0.717, 1.165) is 27.1 Å². The molecule has 6 rings (SSSR count). The Hall–Kier alpha value is -4.37. The van der Waals surface area contributed by atoms with E-state index in [9.17, 15) is 9.59 Å². The molecule has 0 saturated carbocycles. The lowest BCUT2D eigenvalue weighted by Gasteiger charge is -2.26. The molecule has 45 heavy (non-hydrogen) atoms. The second-order valence-corrected chi connectivity index (χ2v) is 12.5. The topological polar surface area (TPSA) is 69.9 Å². The number of halogens is 1. The zero-order chi connectivity index (χ0) is 31.3. The van der Waals surface area contributed by atoms with Gasteiger partial charge in [-0.3, -0.25) is 9.36 Å². The quantitative estimate of drug-likeness (QED) is 0.128. The van der Waals surface area contributed by atoms with Gasteiger partial charge in [-0.05, 0) is 72.3 Å². The number of aromatic nitrogens is 1. The van der Waals surface area contributed by atoms with Crippen molar-refractivity contribution >= 4 is 52.4 Å². The average Bonchev–Trinajstić information content (AvgIpc) is 3.37. The summed E-state index contributed by atoms with van der Waals surface area (Å²) in [6, 6.07) is 31.8. The molecule has 1 aliphatic rings. The monoisotopic (exact) mass is 652 g/mol. The fourth-order valence-electron chi connectivity index (χ4n) is 5.18. The maximum atomic E-state index is 14.2. The van der Waals surface area contributed by atoms with Crippen LogP contribution in [0.5, 0.6) is 5.75 Å². The molecule has 0 unspecified atom stereocenters. The first kappa shape index (κ1) is 30.6. The second-order valence-electron chi connectivity index (χ2n) is 10.2. The van der Waals surface area contributed by atoms with Crippen LogP contribution in [-0.4, -0.2) is 23.4 Å². The average molecular weight is 653 g/mol. The van der Waals surface area contributed by atoms with Gasteiger partial charge in [0.2, 0.25) is 0 Å². The van der Waals surface area contributed by atoms with E-state index in [1.54, 1.807) is 23.3 Å². The standard InChI is InChI=1S/C36H29ClN2O4S2/c1-3-42-35(41)31-32(25-11-5-4-6-12-25)38-36-39(33(31)26-15-17-29(44-2)18-16-26)34(40)30(45-36)21-23-9-8-14-28(20-23)43-22-24-10-7-13-27(37)19-24/h4-21,33H,3,22H2,1-2H3/b30-21-/t33-/m0/s1. The fraction of sp³-hybridized carbons (Fsp3) is 0.139. The van der Waals surface area contributed by atoms with Crippen LogP contribution in [0.4, 0.5) is 0 Å². The Kier molecular flexibility index (Phi) is 9.35. The Labute approximate surface area is 274 Å². The summed E-state index contributed by atoms with van der Waals surface area (Å²) in [6.07, 6.45) is 3.84. The maximum Gasteiger partial charge on any atom is 0.338 e. The molecule has 0 radical (unpaired) electrons. The molecular weight excluding hydrogens is 624 g/mol. The number of nitrogens with zero attached hydrogens (tertiary/aromatic N) is 2. The number of hydrogen-bond acceptors (Lipinski definition) is 7. The lowest BCUT2D eigenvalue weighted by Crippen LogP contribution is -2.40. The Balaban J connectivity index is 1.47. The van der Waals surface area contributed by atoms with E-state index >= 15 is 0 Å². The van der Waals surface area contributed by atoms with E-state index < -0.39 is 12.0 Å². The summed E-state index contributed by atoms with van der Waals surface area (Å²) in [5.74, 6) is 0.164. The van der Waals surface area contributed by atoms with Crippen molar-refractivity contribution in [2.45, 2.75) is 24.5 Å². The zero-order valence-corrected chi connectivity index (χ0v) is 27.0. The lowest BCUT2D eigenvalue weighted by atomic mass is 9.93. The highest BCUT2D eigenvalue weighted by Gasteiger charge is 2.35. The predicted molar refractivity (Wildman–Crippen MR) is 182 cm³/mol. The molecule has 6 nitrogen and oxygen atoms in total. The molecular formula is C36H29ClN2O4S2. The van der Waals surface area contributed by atoms with E-state index in [1.165, 1.54) is 11.3 Å². The van der Waals surface area contributed by atoms with E-state index in [1.807, 2.05) is 115 Å². The van der Waals surface area contributed by atoms with Crippen molar-refractivity contribution in [1.29, 1.82) is 0 Å². The first-order chi connectivity index (χ1) is 21.9. The molecule has 1 aliphatic heterocycles. The van der Waals surface area contributed by atoms with Gasteiger partial charge in [0.25, 0.3) is 5.56 Å². The summed E-state index contributed by atoms with van der Waals surface area (Å²) in [6.45, 7) is 2.33. The van der Waals surface area contributed by atoms with Crippen molar-refractivity contribution in [3.8, 4) is 5.75 Å². The molecule has 0 aliphatic carbocycles. The van der Waals surface area contributed by atoms with Crippen LogP contribution >= 0.6 is 34.7 Å². The van der Waals surface area contributed by atoms with Gasteiger partial charge >= 0.3 is 5.97 Å². The molecule has 9 heteroatoms. The van der Waals surface area contributed by atoms with Crippen LogP contribution in [0, 0.1) is 0 Å². The van der Waals surface area contributed by atoms with Crippen molar-refractivity contribution in [2.24, 2.45) is 4.99 Å². The molecule has 0 saturated heterocycles. The predicted octanol–water partition coefficient (Wildman–Crippen LogP) is 6.89. The molecule has 1 atom stereocenters. The number of benzene rings is 4. The molecule has 5 aromatic rings. The number of hydrogen-bond donors (Lipinski definition) is 0. The first-order valence-corrected chi connectivity index (χ1v) is 16.8. The number of carbonyl (C=O) groups excluding carboxylic acids is 1. The second kappa shape index (κ2) is 13.7. The molecule has 0 amide bonds. The highest BCUT2D eigenvalue weighted by molar-refractivity contribution is 7.98. The minimum absolute atomic E-state index is 0.197. The van der Waals surface area contributed by atoms with Crippen LogP contribution < -0.4 is 19.6 Å². The number of thioether (sulfide) groups is 1. The molecule has 4 aromatic carbocycles. The van der Waals surface area contributed by atoms with Crippen molar-refractivity contribution in [1.82, 2.24) is 4.57 Å². The molecule has 2 heterocycles. The van der Waals surface area contributed by atoms with Gasteiger partial charge in [-0.1, -0.05) is 89.7 Å². The van der Waals surface area contributed by atoms with E-state index in [4.69, 9.17) is 26.1 Å². The van der Waals surface area contributed by atoms with Gasteiger partial charge in [-0.2, -0.15) is 0 Å². The number of rotatable bonds is 9. The number of thiazole rings is 1. The molecule has 0 bridgehead atoms. The first-order valence-electron chi connectivity index (χ1n) is 14.3. The Morgan fingerprint density at radius 1 is 1.00 bits per heavy atom. The highest BCUT2D eigenvalue weighted by Crippen LogP contribution is 2.35. The lowest BCUT2D eigenvalue weighted by molar-refractivity contribution is -0.138. The summed E-state index contributed by atoms with van der Waals surface area (Å²) in [5.41, 5.74) is 3.91. The largest absolute Gasteiger partial charge is 0.489 e. The third kappa shape index (κ3) is 6.68. The number of carbonyl (C=O) groups is 1.